The van der Waals surface area contributed by atoms with Crippen LogP contribution in [0.1, 0.15) is 26.7 Å². The van der Waals surface area contributed by atoms with Crippen LogP contribution in [0.5, 0.6) is 0 Å². The van der Waals surface area contributed by atoms with Gasteiger partial charge in [0.15, 0.2) is 0 Å². The van der Waals surface area contributed by atoms with Gasteiger partial charge >= 0.3 is 0 Å². The zero-order chi connectivity index (χ0) is 8.69. The van der Waals surface area contributed by atoms with Crippen LogP contribution in [-0.4, -0.2) is 23.5 Å². The van der Waals surface area contributed by atoms with E-state index in [4.69, 9.17) is 0 Å². The molecule has 0 bridgehead atoms. The first-order valence-corrected chi connectivity index (χ1v) is 6.90. The molecule has 0 aliphatic carbocycles. The van der Waals surface area contributed by atoms with Crippen molar-refractivity contribution in [2.75, 3.05) is 18.3 Å². The van der Waals surface area contributed by atoms with Crippen LogP contribution >= 0.6 is 23.5 Å². The Bertz CT molecular complexity index is 81.6. The zero-order valence-corrected chi connectivity index (χ0v) is 9.73. The maximum atomic E-state index is 2.31. The van der Waals surface area contributed by atoms with Gasteiger partial charge in [-0.15, -0.1) is 0 Å². The van der Waals surface area contributed by atoms with Crippen molar-refractivity contribution >= 4 is 23.5 Å². The largest absolute Gasteiger partial charge is 0.165 e. The van der Waals surface area contributed by atoms with Gasteiger partial charge in [-0.3, -0.25) is 0 Å². The van der Waals surface area contributed by atoms with Gasteiger partial charge in [-0.2, -0.15) is 23.5 Å². The lowest BCUT2D eigenvalue weighted by molar-refractivity contribution is 0.563. The molecule has 0 saturated carbocycles. The first kappa shape index (κ1) is 11.7. The van der Waals surface area contributed by atoms with Crippen LogP contribution in [0.2, 0.25) is 0 Å². The maximum absolute atomic E-state index is 2.31. The molecule has 0 heterocycles. The van der Waals surface area contributed by atoms with E-state index < -0.39 is 0 Å². The van der Waals surface area contributed by atoms with Gasteiger partial charge in [0.25, 0.3) is 0 Å². The molecule has 0 N–H and O–H groups in total. The summed E-state index contributed by atoms with van der Waals surface area (Å²) in [7, 11) is 0. The highest BCUT2D eigenvalue weighted by Crippen LogP contribution is 2.21. The first-order chi connectivity index (χ1) is 5.20. The van der Waals surface area contributed by atoms with E-state index in [2.05, 4.69) is 26.4 Å². The van der Waals surface area contributed by atoms with E-state index in [9.17, 15) is 0 Å². The Balaban J connectivity index is 3.41. The van der Waals surface area contributed by atoms with Gasteiger partial charge in [-0.05, 0) is 37.0 Å². The van der Waals surface area contributed by atoms with Crippen LogP contribution in [0, 0.1) is 5.92 Å². The highest BCUT2D eigenvalue weighted by Gasteiger charge is 2.07. The Morgan fingerprint density at radius 2 is 1.82 bits per heavy atom. The van der Waals surface area contributed by atoms with Crippen molar-refractivity contribution in [1.29, 1.82) is 0 Å². The van der Waals surface area contributed by atoms with Crippen molar-refractivity contribution in [1.82, 2.24) is 0 Å². The molecule has 11 heavy (non-hydrogen) atoms. The van der Waals surface area contributed by atoms with Crippen molar-refractivity contribution in [2.45, 2.75) is 31.9 Å². The molecule has 0 nitrogen and oxygen atoms in total. The smallest absolute Gasteiger partial charge is 0.00545 e. The Kier molecular flexibility index (Phi) is 7.82. The van der Waals surface area contributed by atoms with E-state index in [0.717, 1.165) is 11.2 Å². The minimum atomic E-state index is 0.856. The molecule has 0 fully saturated rings. The third-order valence-corrected chi connectivity index (χ3v) is 3.45. The second-order valence-corrected chi connectivity index (χ2v) is 5.39. The molecule has 1 unspecified atom stereocenters. The van der Waals surface area contributed by atoms with Crippen LogP contribution in [0.15, 0.2) is 0 Å². The highest BCUT2D eigenvalue weighted by atomic mass is 32.2. The zero-order valence-electron chi connectivity index (χ0n) is 8.09. The summed E-state index contributed by atoms with van der Waals surface area (Å²) in [6.45, 7) is 4.62. The summed E-state index contributed by atoms with van der Waals surface area (Å²) >= 11 is 3.98. The summed E-state index contributed by atoms with van der Waals surface area (Å²) in [5.74, 6) is 2.17. The van der Waals surface area contributed by atoms with E-state index in [1.54, 1.807) is 0 Å². The lowest BCUT2D eigenvalue weighted by Gasteiger charge is -2.15. The van der Waals surface area contributed by atoms with E-state index in [0.29, 0.717) is 0 Å². The van der Waals surface area contributed by atoms with E-state index >= 15 is 0 Å². The predicted octanol–water partition coefficient (Wildman–Crippen LogP) is 3.52. The van der Waals surface area contributed by atoms with Crippen molar-refractivity contribution in [3.63, 3.8) is 0 Å². The first-order valence-electron chi connectivity index (χ1n) is 4.22. The molecule has 1 atom stereocenters. The van der Waals surface area contributed by atoms with Crippen molar-refractivity contribution in [3.05, 3.63) is 0 Å². The second-order valence-electron chi connectivity index (χ2n) is 3.27. The average molecular weight is 192 g/mol. The van der Waals surface area contributed by atoms with Crippen LogP contribution in [0.25, 0.3) is 0 Å². The normalized spacial score (nSPS) is 13.9. The topological polar surface area (TPSA) is 0 Å². The summed E-state index contributed by atoms with van der Waals surface area (Å²) < 4.78 is 0. The Labute approximate surface area is 79.9 Å². The predicted molar refractivity (Wildman–Crippen MR) is 59.8 cm³/mol. The van der Waals surface area contributed by atoms with Crippen LogP contribution in [0.4, 0.5) is 0 Å². The summed E-state index contributed by atoms with van der Waals surface area (Å²) in [6.07, 6.45) is 7.17. The molecule has 0 spiro atoms. The fraction of sp³-hybridized carbons (Fsp3) is 1.00. The SMILES string of the molecule is CSCCC(CC(C)C)SC. The van der Waals surface area contributed by atoms with E-state index in [1.165, 1.54) is 18.6 Å². The third kappa shape index (κ3) is 7.07. The molecule has 68 valence electrons. The van der Waals surface area contributed by atoms with Crippen molar-refractivity contribution < 1.29 is 0 Å². The summed E-state index contributed by atoms with van der Waals surface area (Å²) in [5, 5.41) is 0.891. The minimum Gasteiger partial charge on any atom is -0.165 e. The molecule has 0 amide bonds. The fourth-order valence-corrected chi connectivity index (χ4v) is 2.71. The fourth-order valence-electron chi connectivity index (χ4n) is 1.11. The molecule has 0 saturated heterocycles. The van der Waals surface area contributed by atoms with Gasteiger partial charge in [0, 0.05) is 5.25 Å². The molecule has 0 aliphatic rings. The van der Waals surface area contributed by atoms with E-state index in [-0.39, 0.29) is 0 Å². The molecule has 0 rings (SSSR count). The minimum absolute atomic E-state index is 0.856. The van der Waals surface area contributed by atoms with Gasteiger partial charge in [0.1, 0.15) is 0 Å². The highest BCUT2D eigenvalue weighted by molar-refractivity contribution is 7.99. The van der Waals surface area contributed by atoms with Crippen LogP contribution < -0.4 is 0 Å². The number of hydrogen-bond acceptors (Lipinski definition) is 2. The number of hydrogen-bond donors (Lipinski definition) is 0. The van der Waals surface area contributed by atoms with Gasteiger partial charge < -0.3 is 0 Å². The third-order valence-electron chi connectivity index (χ3n) is 1.71. The molecular formula is C9H20S2. The molecule has 0 aromatic heterocycles. The summed E-state index contributed by atoms with van der Waals surface area (Å²) in [5.41, 5.74) is 0. The van der Waals surface area contributed by atoms with Gasteiger partial charge in [-0.1, -0.05) is 13.8 Å². The van der Waals surface area contributed by atoms with Gasteiger partial charge in [0.05, 0.1) is 0 Å². The molecular weight excluding hydrogens is 172 g/mol. The quantitative estimate of drug-likeness (QED) is 0.631. The lowest BCUT2D eigenvalue weighted by Crippen LogP contribution is -2.07. The molecule has 0 aliphatic heterocycles. The summed E-state index contributed by atoms with van der Waals surface area (Å²) in [6, 6.07) is 0. The van der Waals surface area contributed by atoms with Gasteiger partial charge in [-0.25, -0.2) is 0 Å². The van der Waals surface area contributed by atoms with E-state index in [1.807, 2.05) is 23.5 Å². The van der Waals surface area contributed by atoms with Crippen LogP contribution in [-0.2, 0) is 0 Å². The molecule has 0 aromatic carbocycles. The number of thioether (sulfide) groups is 2. The maximum Gasteiger partial charge on any atom is 0.00545 e. The standard InChI is InChI=1S/C9H20S2/c1-8(2)7-9(11-4)5-6-10-3/h8-9H,5-7H2,1-4H3. The van der Waals surface area contributed by atoms with Gasteiger partial charge in [0.2, 0.25) is 0 Å². The van der Waals surface area contributed by atoms with Crippen molar-refractivity contribution in [2.24, 2.45) is 5.92 Å². The monoisotopic (exact) mass is 192 g/mol. The molecule has 0 aromatic rings. The number of rotatable bonds is 6. The lowest BCUT2D eigenvalue weighted by atomic mass is 10.1. The van der Waals surface area contributed by atoms with Crippen LogP contribution in [0.3, 0.4) is 0 Å². The molecule has 0 radical (unpaired) electrons. The summed E-state index contributed by atoms with van der Waals surface area (Å²) in [4.78, 5) is 0. The Morgan fingerprint density at radius 1 is 1.18 bits per heavy atom. The Morgan fingerprint density at radius 3 is 2.18 bits per heavy atom. The second kappa shape index (κ2) is 7.35. The molecule has 2 heteroatoms. The average Bonchev–Trinajstić information content (AvgIpc) is 1.97. The Hall–Kier alpha value is 0.700. The van der Waals surface area contributed by atoms with Crippen molar-refractivity contribution in [3.8, 4) is 0 Å².